The summed E-state index contributed by atoms with van der Waals surface area (Å²) < 4.78 is 0. The van der Waals surface area contributed by atoms with E-state index in [1.54, 1.807) is 0 Å². The van der Waals surface area contributed by atoms with Gasteiger partial charge in [0.1, 0.15) is 0 Å². The van der Waals surface area contributed by atoms with Crippen LogP contribution in [0, 0.1) is 0 Å². The molecule has 3 aromatic carbocycles. The molecule has 3 aromatic rings. The number of hydrogen-bond donors (Lipinski definition) is 0. The Morgan fingerprint density at radius 1 is 0.714 bits per heavy atom. The van der Waals surface area contributed by atoms with E-state index in [9.17, 15) is 0 Å². The zero-order chi connectivity index (χ0) is 14.2. The molecule has 1 aliphatic carbocycles. The van der Waals surface area contributed by atoms with E-state index in [2.05, 4.69) is 79.7 Å². The van der Waals surface area contributed by atoms with E-state index in [0.29, 0.717) is 5.92 Å². The van der Waals surface area contributed by atoms with Gasteiger partial charge in [-0.25, -0.2) is 0 Å². The second-order valence-electron chi connectivity index (χ2n) is 5.84. The van der Waals surface area contributed by atoms with Gasteiger partial charge in [-0.15, -0.1) is 0 Å². The van der Waals surface area contributed by atoms with Crippen LogP contribution in [0.5, 0.6) is 0 Å². The second-order valence-corrected chi connectivity index (χ2v) is 5.84. The molecule has 102 valence electrons. The topological polar surface area (TPSA) is 0 Å². The standard InChI is InChI=1S/C21H18/c1-15(16-8-3-2-4-9-16)18-12-7-13-20-19-11-6-5-10-17(19)14-21(18)20/h2-13,15H,14H2,1H3. The van der Waals surface area contributed by atoms with Crippen molar-refractivity contribution in [3.63, 3.8) is 0 Å². The second kappa shape index (κ2) is 4.89. The summed E-state index contributed by atoms with van der Waals surface area (Å²) in [5.41, 5.74) is 8.66. The first kappa shape index (κ1) is 12.4. The van der Waals surface area contributed by atoms with Gasteiger partial charge in [0.25, 0.3) is 0 Å². The van der Waals surface area contributed by atoms with Crippen LogP contribution in [0.1, 0.15) is 35.1 Å². The van der Waals surface area contributed by atoms with Crippen molar-refractivity contribution < 1.29 is 0 Å². The third kappa shape index (κ3) is 1.99. The van der Waals surface area contributed by atoms with Gasteiger partial charge in [-0.1, -0.05) is 79.7 Å². The Kier molecular flexibility index (Phi) is 2.89. The van der Waals surface area contributed by atoms with E-state index in [-0.39, 0.29) is 0 Å². The third-order valence-corrected chi connectivity index (χ3v) is 4.65. The fourth-order valence-corrected chi connectivity index (χ4v) is 3.51. The first-order valence-electron chi connectivity index (χ1n) is 7.59. The summed E-state index contributed by atoms with van der Waals surface area (Å²) in [6, 6.07) is 26.4. The van der Waals surface area contributed by atoms with Crippen molar-refractivity contribution in [2.45, 2.75) is 19.3 Å². The first-order chi connectivity index (χ1) is 10.3. The molecule has 0 radical (unpaired) electrons. The first-order valence-corrected chi connectivity index (χ1v) is 7.59. The molecule has 0 fully saturated rings. The average molecular weight is 270 g/mol. The molecule has 21 heavy (non-hydrogen) atoms. The predicted octanol–water partition coefficient (Wildman–Crippen LogP) is 5.41. The highest BCUT2D eigenvalue weighted by Gasteiger charge is 2.22. The molecule has 0 nitrogen and oxygen atoms in total. The Hall–Kier alpha value is -2.34. The lowest BCUT2D eigenvalue weighted by molar-refractivity contribution is 0.904. The highest BCUT2D eigenvalue weighted by atomic mass is 14.3. The molecule has 1 aliphatic rings. The highest BCUT2D eigenvalue weighted by molar-refractivity contribution is 5.78. The summed E-state index contributed by atoms with van der Waals surface area (Å²) in [7, 11) is 0. The van der Waals surface area contributed by atoms with Crippen molar-refractivity contribution in [2.24, 2.45) is 0 Å². The number of rotatable bonds is 2. The Morgan fingerprint density at radius 3 is 2.29 bits per heavy atom. The highest BCUT2D eigenvalue weighted by Crippen LogP contribution is 2.41. The van der Waals surface area contributed by atoms with Crippen LogP contribution in [-0.2, 0) is 6.42 Å². The SMILES string of the molecule is CC(c1ccccc1)c1cccc2c1Cc1ccccc1-2. The molecule has 0 saturated heterocycles. The van der Waals surface area contributed by atoms with Gasteiger partial charge in [0.2, 0.25) is 0 Å². The van der Waals surface area contributed by atoms with Crippen LogP contribution in [0.15, 0.2) is 72.8 Å². The Bertz CT molecular complexity index is 784. The fraction of sp³-hybridized carbons (Fsp3) is 0.143. The van der Waals surface area contributed by atoms with Crippen LogP contribution >= 0.6 is 0 Å². The van der Waals surface area contributed by atoms with E-state index in [1.807, 2.05) is 0 Å². The number of fused-ring (bicyclic) bond motifs is 3. The molecule has 0 bridgehead atoms. The number of benzene rings is 3. The van der Waals surface area contributed by atoms with Crippen molar-refractivity contribution >= 4 is 0 Å². The van der Waals surface area contributed by atoms with Crippen LogP contribution < -0.4 is 0 Å². The molecular formula is C21H18. The Morgan fingerprint density at radius 2 is 1.43 bits per heavy atom. The van der Waals surface area contributed by atoms with Crippen molar-refractivity contribution in [3.8, 4) is 11.1 Å². The maximum absolute atomic E-state index is 2.31. The van der Waals surface area contributed by atoms with E-state index in [0.717, 1.165) is 6.42 Å². The van der Waals surface area contributed by atoms with Crippen molar-refractivity contribution in [3.05, 3.63) is 95.1 Å². The molecule has 0 aromatic heterocycles. The summed E-state index contributed by atoms with van der Waals surface area (Å²) in [6.07, 6.45) is 1.07. The molecule has 0 spiro atoms. The summed E-state index contributed by atoms with van der Waals surface area (Å²) in [4.78, 5) is 0. The molecule has 0 heterocycles. The average Bonchev–Trinajstić information content (AvgIpc) is 2.94. The van der Waals surface area contributed by atoms with Gasteiger partial charge in [-0.05, 0) is 39.8 Å². The van der Waals surface area contributed by atoms with Crippen molar-refractivity contribution in [1.29, 1.82) is 0 Å². The van der Waals surface area contributed by atoms with Gasteiger partial charge in [-0.3, -0.25) is 0 Å². The van der Waals surface area contributed by atoms with Gasteiger partial charge in [0, 0.05) is 5.92 Å². The summed E-state index contributed by atoms with van der Waals surface area (Å²) in [5, 5.41) is 0. The molecule has 0 N–H and O–H groups in total. The fourth-order valence-electron chi connectivity index (χ4n) is 3.51. The van der Waals surface area contributed by atoms with Crippen LogP contribution in [-0.4, -0.2) is 0 Å². The maximum atomic E-state index is 2.31. The minimum atomic E-state index is 0.440. The van der Waals surface area contributed by atoms with Crippen molar-refractivity contribution in [2.75, 3.05) is 0 Å². The van der Waals surface area contributed by atoms with Crippen LogP contribution in [0.3, 0.4) is 0 Å². The van der Waals surface area contributed by atoms with E-state index in [1.165, 1.54) is 33.4 Å². The maximum Gasteiger partial charge on any atom is 0.00640 e. The molecule has 1 unspecified atom stereocenters. The summed E-state index contributed by atoms with van der Waals surface area (Å²) in [5.74, 6) is 0.440. The molecule has 0 heteroatoms. The molecule has 0 aliphatic heterocycles. The van der Waals surface area contributed by atoms with Gasteiger partial charge in [0.15, 0.2) is 0 Å². The van der Waals surface area contributed by atoms with Crippen molar-refractivity contribution in [1.82, 2.24) is 0 Å². The van der Waals surface area contributed by atoms with Crippen LogP contribution in [0.4, 0.5) is 0 Å². The van der Waals surface area contributed by atoms with E-state index in [4.69, 9.17) is 0 Å². The molecule has 0 amide bonds. The largest absolute Gasteiger partial charge is 0.0622 e. The third-order valence-electron chi connectivity index (χ3n) is 4.65. The summed E-state index contributed by atoms with van der Waals surface area (Å²) >= 11 is 0. The lowest BCUT2D eigenvalue weighted by atomic mass is 9.88. The van der Waals surface area contributed by atoms with Gasteiger partial charge < -0.3 is 0 Å². The van der Waals surface area contributed by atoms with E-state index >= 15 is 0 Å². The number of hydrogen-bond acceptors (Lipinski definition) is 0. The zero-order valence-corrected chi connectivity index (χ0v) is 12.2. The molecule has 1 atom stereocenters. The Balaban J connectivity index is 1.83. The smallest absolute Gasteiger partial charge is 0.00640 e. The lowest BCUT2D eigenvalue weighted by Crippen LogP contribution is -2.00. The van der Waals surface area contributed by atoms with Gasteiger partial charge in [0.05, 0.1) is 0 Å². The van der Waals surface area contributed by atoms with Crippen LogP contribution in [0.2, 0.25) is 0 Å². The molecule has 0 saturated carbocycles. The normalized spacial score (nSPS) is 13.6. The Labute approximate surface area is 126 Å². The van der Waals surface area contributed by atoms with Gasteiger partial charge in [-0.2, -0.15) is 0 Å². The van der Waals surface area contributed by atoms with E-state index < -0.39 is 0 Å². The minimum absolute atomic E-state index is 0.440. The monoisotopic (exact) mass is 270 g/mol. The quantitative estimate of drug-likeness (QED) is 0.457. The summed E-state index contributed by atoms with van der Waals surface area (Å²) in [6.45, 7) is 2.31. The molecular weight excluding hydrogens is 252 g/mol. The zero-order valence-electron chi connectivity index (χ0n) is 12.2. The predicted molar refractivity (Wildman–Crippen MR) is 88.6 cm³/mol. The van der Waals surface area contributed by atoms with Crippen LogP contribution in [0.25, 0.3) is 11.1 Å². The van der Waals surface area contributed by atoms with Gasteiger partial charge >= 0.3 is 0 Å². The minimum Gasteiger partial charge on any atom is -0.0622 e. The lowest BCUT2D eigenvalue weighted by Gasteiger charge is -2.16. The molecule has 4 rings (SSSR count).